The fourth-order valence-corrected chi connectivity index (χ4v) is 4.68. The van der Waals surface area contributed by atoms with E-state index in [4.69, 9.17) is 0 Å². The lowest BCUT2D eigenvalue weighted by atomic mass is 10.4. The van der Waals surface area contributed by atoms with E-state index in [2.05, 4.69) is 10.0 Å². The van der Waals surface area contributed by atoms with Crippen LogP contribution in [0.5, 0.6) is 0 Å². The first-order valence-corrected chi connectivity index (χ1v) is 11.6. The summed E-state index contributed by atoms with van der Waals surface area (Å²) in [6.45, 7) is 0.0312. The quantitative estimate of drug-likeness (QED) is 0.557. The second kappa shape index (κ2) is 9.76. The Morgan fingerprint density at radius 1 is 0.857 bits per heavy atom. The Morgan fingerprint density at radius 3 is 2.14 bits per heavy atom. The molecular weight excluding hydrogens is 407 g/mol. The van der Waals surface area contributed by atoms with Gasteiger partial charge in [0.05, 0.1) is 15.5 Å². The van der Waals surface area contributed by atoms with Crippen molar-refractivity contribution < 1.29 is 26.0 Å². The Hall–Kier alpha value is -2.30. The van der Waals surface area contributed by atoms with Crippen molar-refractivity contribution in [2.24, 2.45) is 0 Å². The van der Waals surface area contributed by atoms with Crippen LogP contribution in [0.25, 0.3) is 0 Å². The maximum Gasteiger partial charge on any atom is 0.240 e. The fourth-order valence-electron chi connectivity index (χ4n) is 2.32. The standard InChI is InChI=1S/C18H21FN2O5S2/c19-15-7-9-17(10-8-15)28(25,26)21-13-11-18(22)20-12-4-14-27(23,24)16-5-2-1-3-6-16/h1-3,5-10,21H,4,11-14H2,(H,20,22). The Bertz CT molecular complexity index is 992. The second-order valence-electron chi connectivity index (χ2n) is 5.94. The summed E-state index contributed by atoms with van der Waals surface area (Å²) in [6, 6.07) is 12.4. The van der Waals surface area contributed by atoms with Gasteiger partial charge in [-0.1, -0.05) is 18.2 Å². The minimum Gasteiger partial charge on any atom is -0.356 e. The fraction of sp³-hybridized carbons (Fsp3) is 0.278. The van der Waals surface area contributed by atoms with E-state index in [1.807, 2.05) is 0 Å². The molecule has 10 heteroatoms. The van der Waals surface area contributed by atoms with Crippen LogP contribution in [0.1, 0.15) is 12.8 Å². The van der Waals surface area contributed by atoms with Crippen LogP contribution in [0.2, 0.25) is 0 Å². The topological polar surface area (TPSA) is 109 Å². The Kier molecular flexibility index (Phi) is 7.67. The lowest BCUT2D eigenvalue weighted by Crippen LogP contribution is -2.31. The molecule has 2 aromatic rings. The molecular formula is C18H21FN2O5S2. The molecule has 2 aromatic carbocycles. The zero-order valence-electron chi connectivity index (χ0n) is 15.0. The number of amides is 1. The predicted octanol–water partition coefficient (Wildman–Crippen LogP) is 1.47. The zero-order valence-corrected chi connectivity index (χ0v) is 16.6. The number of nitrogens with one attached hydrogen (secondary N) is 2. The maximum absolute atomic E-state index is 12.8. The summed E-state index contributed by atoms with van der Waals surface area (Å²) in [5, 5.41) is 2.55. The molecule has 2 N–H and O–H groups in total. The molecule has 1 amide bonds. The number of benzene rings is 2. The van der Waals surface area contributed by atoms with Gasteiger partial charge in [0.1, 0.15) is 5.82 Å². The number of carbonyl (C=O) groups is 1. The van der Waals surface area contributed by atoms with Crippen molar-refractivity contribution in [2.75, 3.05) is 18.8 Å². The van der Waals surface area contributed by atoms with Crippen molar-refractivity contribution >= 4 is 25.8 Å². The van der Waals surface area contributed by atoms with Crippen molar-refractivity contribution in [3.8, 4) is 0 Å². The van der Waals surface area contributed by atoms with Crippen LogP contribution in [0.3, 0.4) is 0 Å². The number of halogens is 1. The van der Waals surface area contributed by atoms with Gasteiger partial charge in [0.25, 0.3) is 0 Å². The van der Waals surface area contributed by atoms with E-state index in [0.29, 0.717) is 0 Å². The number of rotatable bonds is 10. The van der Waals surface area contributed by atoms with Gasteiger partial charge in [0.15, 0.2) is 9.84 Å². The molecule has 7 nitrogen and oxygen atoms in total. The lowest BCUT2D eigenvalue weighted by molar-refractivity contribution is -0.120. The maximum atomic E-state index is 12.8. The first-order chi connectivity index (χ1) is 13.2. The van der Waals surface area contributed by atoms with Crippen molar-refractivity contribution in [2.45, 2.75) is 22.6 Å². The smallest absolute Gasteiger partial charge is 0.240 e. The molecule has 0 radical (unpaired) electrons. The predicted molar refractivity (Wildman–Crippen MR) is 102 cm³/mol. The molecule has 0 saturated heterocycles. The van der Waals surface area contributed by atoms with Gasteiger partial charge in [0.2, 0.25) is 15.9 Å². The van der Waals surface area contributed by atoms with Crippen molar-refractivity contribution in [3.63, 3.8) is 0 Å². The van der Waals surface area contributed by atoms with Gasteiger partial charge >= 0.3 is 0 Å². The molecule has 0 saturated carbocycles. The molecule has 0 aliphatic carbocycles. The molecule has 0 unspecified atom stereocenters. The van der Waals surface area contributed by atoms with Crippen LogP contribution in [-0.4, -0.2) is 41.6 Å². The summed E-state index contributed by atoms with van der Waals surface area (Å²) >= 11 is 0. The van der Waals surface area contributed by atoms with E-state index >= 15 is 0 Å². The third-order valence-electron chi connectivity index (χ3n) is 3.78. The van der Waals surface area contributed by atoms with E-state index in [1.165, 1.54) is 12.1 Å². The highest BCUT2D eigenvalue weighted by molar-refractivity contribution is 7.91. The monoisotopic (exact) mass is 428 g/mol. The highest BCUT2D eigenvalue weighted by Gasteiger charge is 2.15. The van der Waals surface area contributed by atoms with Crippen LogP contribution >= 0.6 is 0 Å². The minimum absolute atomic E-state index is 0.0968. The third kappa shape index (κ3) is 6.70. The Morgan fingerprint density at radius 2 is 1.50 bits per heavy atom. The van der Waals surface area contributed by atoms with Gasteiger partial charge in [-0.15, -0.1) is 0 Å². The van der Waals surface area contributed by atoms with Crippen molar-refractivity contribution in [1.29, 1.82) is 0 Å². The molecule has 0 aromatic heterocycles. The van der Waals surface area contributed by atoms with E-state index in [-0.39, 0.29) is 41.5 Å². The summed E-state index contributed by atoms with van der Waals surface area (Å²) in [5.41, 5.74) is 0. The molecule has 152 valence electrons. The summed E-state index contributed by atoms with van der Waals surface area (Å²) in [4.78, 5) is 11.9. The summed E-state index contributed by atoms with van der Waals surface area (Å²) < 4.78 is 63.3. The molecule has 28 heavy (non-hydrogen) atoms. The first kappa shape index (κ1) is 22.0. The van der Waals surface area contributed by atoms with Crippen LogP contribution in [0.15, 0.2) is 64.4 Å². The second-order valence-corrected chi connectivity index (χ2v) is 9.81. The van der Waals surface area contributed by atoms with Crippen molar-refractivity contribution in [1.82, 2.24) is 10.0 Å². The van der Waals surface area contributed by atoms with Gasteiger partial charge in [-0.2, -0.15) is 0 Å². The molecule has 0 aliphatic heterocycles. The molecule has 0 bridgehead atoms. The summed E-state index contributed by atoms with van der Waals surface area (Å²) in [6.07, 6.45) is 0.135. The molecule has 0 heterocycles. The van der Waals surface area contributed by atoms with Gasteiger partial charge in [0, 0.05) is 19.5 Å². The average molecular weight is 429 g/mol. The SMILES string of the molecule is O=C(CCNS(=O)(=O)c1ccc(F)cc1)NCCCS(=O)(=O)c1ccccc1. The lowest BCUT2D eigenvalue weighted by Gasteiger charge is -2.08. The van der Waals surface area contributed by atoms with Gasteiger partial charge in [-0.05, 0) is 42.8 Å². The largest absolute Gasteiger partial charge is 0.356 e. The van der Waals surface area contributed by atoms with E-state index in [9.17, 15) is 26.0 Å². The van der Waals surface area contributed by atoms with E-state index < -0.39 is 31.6 Å². The van der Waals surface area contributed by atoms with Crippen LogP contribution in [0, 0.1) is 5.82 Å². The molecule has 0 fully saturated rings. The highest BCUT2D eigenvalue weighted by atomic mass is 32.2. The van der Waals surface area contributed by atoms with E-state index in [0.717, 1.165) is 24.3 Å². The number of sulfone groups is 1. The van der Waals surface area contributed by atoms with Crippen LogP contribution < -0.4 is 10.0 Å². The number of sulfonamides is 1. The van der Waals surface area contributed by atoms with Crippen LogP contribution in [0.4, 0.5) is 4.39 Å². The van der Waals surface area contributed by atoms with Gasteiger partial charge in [-0.3, -0.25) is 4.79 Å². The van der Waals surface area contributed by atoms with Gasteiger partial charge in [-0.25, -0.2) is 25.9 Å². The highest BCUT2D eigenvalue weighted by Crippen LogP contribution is 2.11. The normalized spacial score (nSPS) is 11.9. The average Bonchev–Trinajstić information content (AvgIpc) is 2.66. The molecule has 0 atom stereocenters. The van der Waals surface area contributed by atoms with E-state index in [1.54, 1.807) is 18.2 Å². The number of hydrogen-bond donors (Lipinski definition) is 2. The van der Waals surface area contributed by atoms with Crippen LogP contribution in [-0.2, 0) is 24.7 Å². The number of carbonyl (C=O) groups excluding carboxylic acids is 1. The first-order valence-electron chi connectivity index (χ1n) is 8.50. The minimum atomic E-state index is -3.82. The molecule has 2 rings (SSSR count). The Balaban J connectivity index is 1.70. The summed E-state index contributed by atoms with van der Waals surface area (Å²) in [5.74, 6) is -1.05. The summed E-state index contributed by atoms with van der Waals surface area (Å²) in [7, 11) is -7.22. The Labute approximate surface area is 163 Å². The molecule has 0 aliphatic rings. The number of hydrogen-bond acceptors (Lipinski definition) is 5. The van der Waals surface area contributed by atoms with Crippen molar-refractivity contribution in [3.05, 3.63) is 60.4 Å². The third-order valence-corrected chi connectivity index (χ3v) is 7.08. The zero-order chi connectivity index (χ0) is 20.6. The molecule has 0 spiro atoms. The van der Waals surface area contributed by atoms with Gasteiger partial charge < -0.3 is 5.32 Å².